The average molecular weight is 603 g/mol. The van der Waals surface area contributed by atoms with Gasteiger partial charge in [0.15, 0.2) is 0 Å². The molecule has 0 amide bonds. The first-order chi connectivity index (χ1) is 22.5. The molecule has 1 aliphatic carbocycles. The Bertz CT molecular complexity index is 2460. The summed E-state index contributed by atoms with van der Waals surface area (Å²) in [5.74, 6) is 0. The van der Waals surface area contributed by atoms with E-state index >= 15 is 0 Å². The standard InChI is InChI=1S/C45H34Si/c1-46(2,3)34-25-23-29(24-26-34)32-21-22-33-28-40-43-37(39(33)27-32)19-12-20-38(43)44-41(30-13-6-4-7-14-30)35-17-10-11-18-36(35)42(45(40)44)31-15-8-5-9-16-31/h4-28H,1-3H3. The van der Waals surface area contributed by atoms with Crippen LogP contribution >= 0.6 is 0 Å². The summed E-state index contributed by atoms with van der Waals surface area (Å²) in [7, 11) is -1.35. The molecular formula is C45H34Si. The van der Waals surface area contributed by atoms with Crippen LogP contribution in [0.15, 0.2) is 152 Å². The number of fused-ring (bicyclic) bond motifs is 6. The minimum absolute atomic E-state index is 1.26. The van der Waals surface area contributed by atoms with Crippen molar-refractivity contribution in [3.05, 3.63) is 152 Å². The lowest BCUT2D eigenvalue weighted by atomic mass is 9.82. The van der Waals surface area contributed by atoms with E-state index < -0.39 is 8.07 Å². The maximum absolute atomic E-state index is 2.46. The fourth-order valence-electron chi connectivity index (χ4n) is 7.74. The highest BCUT2D eigenvalue weighted by molar-refractivity contribution is 6.88. The van der Waals surface area contributed by atoms with E-state index in [2.05, 4.69) is 171 Å². The molecule has 0 N–H and O–H groups in total. The summed E-state index contributed by atoms with van der Waals surface area (Å²) in [4.78, 5) is 0. The molecule has 8 aromatic carbocycles. The highest BCUT2D eigenvalue weighted by Gasteiger charge is 2.31. The smallest absolute Gasteiger partial charge is 0.0656 e. The maximum atomic E-state index is 2.46. The molecule has 0 unspecified atom stereocenters. The summed E-state index contributed by atoms with van der Waals surface area (Å²) >= 11 is 0. The first-order valence-electron chi connectivity index (χ1n) is 16.3. The molecule has 0 saturated heterocycles. The zero-order chi connectivity index (χ0) is 31.0. The molecule has 0 spiro atoms. The van der Waals surface area contributed by atoms with Crippen molar-refractivity contribution >= 4 is 45.6 Å². The van der Waals surface area contributed by atoms with Gasteiger partial charge in [-0.25, -0.2) is 0 Å². The lowest BCUT2D eigenvalue weighted by Crippen LogP contribution is -2.37. The highest BCUT2D eigenvalue weighted by Crippen LogP contribution is 2.58. The van der Waals surface area contributed by atoms with E-state index in [0.29, 0.717) is 0 Å². The molecule has 1 aliphatic rings. The number of hydrogen-bond acceptors (Lipinski definition) is 0. The maximum Gasteiger partial charge on any atom is 0.0775 e. The van der Waals surface area contributed by atoms with Crippen LogP contribution in [0.3, 0.4) is 0 Å². The minimum atomic E-state index is -1.35. The predicted octanol–water partition coefficient (Wildman–Crippen LogP) is 12.3. The highest BCUT2D eigenvalue weighted by atomic mass is 28.3. The van der Waals surface area contributed by atoms with E-state index in [1.807, 2.05) is 0 Å². The molecule has 46 heavy (non-hydrogen) atoms. The first kappa shape index (κ1) is 27.1. The van der Waals surface area contributed by atoms with Crippen molar-refractivity contribution in [2.45, 2.75) is 19.6 Å². The Kier molecular flexibility index (Phi) is 5.97. The third-order valence-corrected chi connectivity index (χ3v) is 12.0. The van der Waals surface area contributed by atoms with Crippen molar-refractivity contribution in [2.75, 3.05) is 0 Å². The molecule has 0 nitrogen and oxygen atoms in total. The van der Waals surface area contributed by atoms with Crippen LogP contribution < -0.4 is 5.19 Å². The summed E-state index contributed by atoms with van der Waals surface area (Å²) in [6.45, 7) is 7.23. The van der Waals surface area contributed by atoms with Gasteiger partial charge in [0, 0.05) is 0 Å². The van der Waals surface area contributed by atoms with Crippen LogP contribution in [0.1, 0.15) is 0 Å². The van der Waals surface area contributed by atoms with Gasteiger partial charge >= 0.3 is 0 Å². The van der Waals surface area contributed by atoms with Gasteiger partial charge in [0.1, 0.15) is 0 Å². The normalized spacial score (nSPS) is 12.2. The fraction of sp³-hybridized carbons (Fsp3) is 0.0667. The first-order valence-corrected chi connectivity index (χ1v) is 19.8. The summed E-state index contributed by atoms with van der Waals surface area (Å²) in [6.07, 6.45) is 0. The van der Waals surface area contributed by atoms with Crippen LogP contribution in [-0.4, -0.2) is 8.07 Å². The van der Waals surface area contributed by atoms with Gasteiger partial charge in [-0.1, -0.05) is 164 Å². The summed E-state index contributed by atoms with van der Waals surface area (Å²) in [6, 6.07) is 56.7. The molecular weight excluding hydrogens is 569 g/mol. The predicted molar refractivity (Wildman–Crippen MR) is 203 cm³/mol. The van der Waals surface area contributed by atoms with E-state index in [9.17, 15) is 0 Å². The van der Waals surface area contributed by atoms with Crippen molar-refractivity contribution in [3.8, 4) is 55.6 Å². The van der Waals surface area contributed by atoms with Crippen LogP contribution in [0.5, 0.6) is 0 Å². The Balaban J connectivity index is 1.38. The van der Waals surface area contributed by atoms with Gasteiger partial charge < -0.3 is 0 Å². The van der Waals surface area contributed by atoms with Crippen LogP contribution in [0.4, 0.5) is 0 Å². The van der Waals surface area contributed by atoms with Gasteiger partial charge in [-0.2, -0.15) is 0 Å². The minimum Gasteiger partial charge on any atom is -0.0656 e. The molecule has 0 saturated carbocycles. The monoisotopic (exact) mass is 602 g/mol. The van der Waals surface area contributed by atoms with Crippen LogP contribution in [0.25, 0.3) is 88.0 Å². The second kappa shape index (κ2) is 10.1. The van der Waals surface area contributed by atoms with Gasteiger partial charge in [-0.3, -0.25) is 0 Å². The van der Waals surface area contributed by atoms with E-state index in [1.54, 1.807) is 0 Å². The molecule has 0 radical (unpaired) electrons. The summed E-state index contributed by atoms with van der Waals surface area (Å²) in [5.41, 5.74) is 13.1. The number of rotatable bonds is 4. The van der Waals surface area contributed by atoms with Crippen molar-refractivity contribution < 1.29 is 0 Å². The number of hydrogen-bond donors (Lipinski definition) is 0. The molecule has 0 bridgehead atoms. The molecule has 0 aromatic heterocycles. The zero-order valence-electron chi connectivity index (χ0n) is 26.4. The molecule has 0 heterocycles. The second-order valence-corrected chi connectivity index (χ2v) is 18.8. The van der Waals surface area contributed by atoms with E-state index in [0.717, 1.165) is 0 Å². The molecule has 0 aliphatic heterocycles. The van der Waals surface area contributed by atoms with Crippen LogP contribution in [-0.2, 0) is 0 Å². The average Bonchev–Trinajstić information content (AvgIpc) is 3.42. The SMILES string of the molecule is C[Si](C)(C)c1ccc(-c2ccc3cc4c5c(cccc5c3c2)-c2c-4c(-c3ccccc3)c3ccccc3c2-c2ccccc2)cc1. The van der Waals surface area contributed by atoms with Gasteiger partial charge in [0.05, 0.1) is 8.07 Å². The lowest BCUT2D eigenvalue weighted by Gasteiger charge is -2.20. The topological polar surface area (TPSA) is 0 Å². The third kappa shape index (κ3) is 4.05. The van der Waals surface area contributed by atoms with E-state index in [-0.39, 0.29) is 0 Å². The van der Waals surface area contributed by atoms with Gasteiger partial charge in [-0.15, -0.1) is 0 Å². The molecule has 8 aromatic rings. The second-order valence-electron chi connectivity index (χ2n) is 13.7. The van der Waals surface area contributed by atoms with Gasteiger partial charge in [0.25, 0.3) is 0 Å². The van der Waals surface area contributed by atoms with Crippen molar-refractivity contribution in [1.82, 2.24) is 0 Å². The Morgan fingerprint density at radius 2 is 0.891 bits per heavy atom. The molecule has 218 valence electrons. The Morgan fingerprint density at radius 1 is 0.348 bits per heavy atom. The Labute approximate surface area is 271 Å². The molecule has 0 atom stereocenters. The van der Waals surface area contributed by atoms with E-state index in [4.69, 9.17) is 0 Å². The van der Waals surface area contributed by atoms with Crippen LogP contribution in [0, 0.1) is 0 Å². The zero-order valence-corrected chi connectivity index (χ0v) is 27.4. The molecule has 0 fully saturated rings. The quantitative estimate of drug-likeness (QED) is 0.139. The van der Waals surface area contributed by atoms with Crippen LogP contribution in [0.2, 0.25) is 19.6 Å². The van der Waals surface area contributed by atoms with Crippen molar-refractivity contribution in [3.63, 3.8) is 0 Å². The van der Waals surface area contributed by atoms with Gasteiger partial charge in [-0.05, 0) is 100 Å². The van der Waals surface area contributed by atoms with E-state index in [1.165, 1.54) is 93.1 Å². The fourth-order valence-corrected chi connectivity index (χ4v) is 8.91. The lowest BCUT2D eigenvalue weighted by molar-refractivity contribution is 1.62. The largest absolute Gasteiger partial charge is 0.0775 e. The summed E-state index contributed by atoms with van der Waals surface area (Å²) in [5, 5.41) is 9.37. The van der Waals surface area contributed by atoms with Gasteiger partial charge in [0.2, 0.25) is 0 Å². The van der Waals surface area contributed by atoms with Crippen molar-refractivity contribution in [1.29, 1.82) is 0 Å². The Hall–Kier alpha value is -5.24. The molecule has 1 heteroatoms. The molecule has 9 rings (SSSR count). The van der Waals surface area contributed by atoms with Crippen molar-refractivity contribution in [2.24, 2.45) is 0 Å². The Morgan fingerprint density at radius 3 is 1.50 bits per heavy atom. The summed E-state index contributed by atoms with van der Waals surface area (Å²) < 4.78 is 0. The third-order valence-electron chi connectivity index (χ3n) is 9.94. The number of benzene rings is 8.